The first-order valence-electron chi connectivity index (χ1n) is 11.6. The van der Waals surface area contributed by atoms with Crippen molar-refractivity contribution in [3.63, 3.8) is 0 Å². The molecule has 1 aliphatic heterocycles. The minimum Gasteiger partial charge on any atom is -0.340 e. The number of fused-ring (bicyclic) bond motifs is 1. The Morgan fingerprint density at radius 2 is 1.63 bits per heavy atom. The summed E-state index contributed by atoms with van der Waals surface area (Å²) in [5.74, 6) is -0.213. The average molecular weight is 501 g/mol. The minimum absolute atomic E-state index is 0.202. The van der Waals surface area contributed by atoms with Crippen LogP contribution in [0.15, 0.2) is 83.8 Å². The maximum atomic E-state index is 13.1. The number of imide groups is 1. The lowest BCUT2D eigenvalue weighted by molar-refractivity contribution is -0.122. The second kappa shape index (κ2) is 10.1. The molecule has 1 aromatic heterocycles. The van der Waals surface area contributed by atoms with Gasteiger partial charge in [-0.25, -0.2) is 0 Å². The van der Waals surface area contributed by atoms with Gasteiger partial charge in [0.1, 0.15) is 0 Å². The number of hydrogen-bond acceptors (Lipinski definition) is 3. The van der Waals surface area contributed by atoms with Gasteiger partial charge in [0, 0.05) is 40.3 Å². The minimum atomic E-state index is -0.213. The number of carbonyl (C=O) groups is 2. The lowest BCUT2D eigenvalue weighted by Crippen LogP contribution is -2.29. The predicted octanol–water partition coefficient (Wildman–Crippen LogP) is 7.32. The molecule has 1 fully saturated rings. The van der Waals surface area contributed by atoms with Crippen molar-refractivity contribution >= 4 is 51.5 Å². The molecular weight excluding hydrogens is 476 g/mol. The maximum Gasteiger partial charge on any atom is 0.293 e. The molecule has 2 heterocycles. The van der Waals surface area contributed by atoms with Crippen LogP contribution in [0.4, 0.5) is 4.79 Å². The molecule has 0 aliphatic carbocycles. The Labute approximate surface area is 214 Å². The Morgan fingerprint density at radius 3 is 2.43 bits per heavy atom. The van der Waals surface area contributed by atoms with Crippen LogP contribution in [0, 0.1) is 6.92 Å². The van der Waals surface area contributed by atoms with Gasteiger partial charge in [0.25, 0.3) is 11.1 Å². The van der Waals surface area contributed by atoms with E-state index in [2.05, 4.69) is 28.8 Å². The molecule has 0 saturated carbocycles. The van der Waals surface area contributed by atoms with Crippen LogP contribution in [0.3, 0.4) is 0 Å². The number of para-hydroxylation sites is 1. The first-order valence-corrected chi connectivity index (χ1v) is 12.8. The van der Waals surface area contributed by atoms with Crippen LogP contribution in [0.25, 0.3) is 17.0 Å². The zero-order valence-electron chi connectivity index (χ0n) is 19.4. The molecule has 0 atom stereocenters. The number of benzene rings is 3. The number of rotatable bonds is 7. The third-order valence-corrected chi connectivity index (χ3v) is 7.68. The smallest absolute Gasteiger partial charge is 0.293 e. The molecule has 4 nitrogen and oxygen atoms in total. The van der Waals surface area contributed by atoms with Crippen LogP contribution < -0.4 is 0 Å². The molecule has 2 amide bonds. The fourth-order valence-electron chi connectivity index (χ4n) is 4.55. The van der Waals surface area contributed by atoms with E-state index in [1.807, 2.05) is 67.6 Å². The number of thioether (sulfide) groups is 1. The van der Waals surface area contributed by atoms with Gasteiger partial charge in [-0.2, -0.15) is 0 Å². The topological polar surface area (TPSA) is 42.3 Å². The summed E-state index contributed by atoms with van der Waals surface area (Å²) in [7, 11) is 0. The third kappa shape index (κ3) is 4.79. The van der Waals surface area contributed by atoms with E-state index in [0.717, 1.165) is 57.3 Å². The summed E-state index contributed by atoms with van der Waals surface area (Å²) in [4.78, 5) is 27.7. The molecular formula is C29H25ClN2O2S. The fourth-order valence-corrected chi connectivity index (χ4v) is 5.59. The van der Waals surface area contributed by atoms with Crippen molar-refractivity contribution in [2.75, 3.05) is 6.54 Å². The Morgan fingerprint density at radius 1 is 0.914 bits per heavy atom. The summed E-state index contributed by atoms with van der Waals surface area (Å²) in [6.45, 7) is 3.09. The summed E-state index contributed by atoms with van der Waals surface area (Å²) >= 11 is 7.46. The molecule has 35 heavy (non-hydrogen) atoms. The summed E-state index contributed by atoms with van der Waals surface area (Å²) in [6, 6.07) is 26.1. The summed E-state index contributed by atoms with van der Waals surface area (Å²) < 4.78 is 2.21. The normalized spacial score (nSPS) is 15.0. The molecule has 0 N–H and O–H groups in total. The van der Waals surface area contributed by atoms with Crippen molar-refractivity contribution in [3.05, 3.63) is 111 Å². The second-order valence-electron chi connectivity index (χ2n) is 8.62. The van der Waals surface area contributed by atoms with Crippen molar-refractivity contribution in [1.82, 2.24) is 9.47 Å². The highest BCUT2D eigenvalue weighted by atomic mass is 35.5. The van der Waals surface area contributed by atoms with Gasteiger partial charge in [-0.3, -0.25) is 14.5 Å². The van der Waals surface area contributed by atoms with E-state index in [9.17, 15) is 9.59 Å². The van der Waals surface area contributed by atoms with Crippen molar-refractivity contribution in [2.45, 2.75) is 26.3 Å². The zero-order valence-corrected chi connectivity index (χ0v) is 21.0. The van der Waals surface area contributed by atoms with E-state index in [0.29, 0.717) is 18.0 Å². The third-order valence-electron chi connectivity index (χ3n) is 6.40. The van der Waals surface area contributed by atoms with Crippen molar-refractivity contribution in [2.24, 2.45) is 0 Å². The summed E-state index contributed by atoms with van der Waals surface area (Å²) in [5, 5.41) is 1.57. The van der Waals surface area contributed by atoms with Gasteiger partial charge in [0.2, 0.25) is 0 Å². The Hall–Kier alpha value is -3.28. The summed E-state index contributed by atoms with van der Waals surface area (Å²) in [5.41, 5.74) is 5.29. The van der Waals surface area contributed by atoms with Gasteiger partial charge in [0.05, 0.1) is 4.91 Å². The molecule has 0 radical (unpaired) electrons. The van der Waals surface area contributed by atoms with Crippen LogP contribution in [0.1, 0.15) is 28.8 Å². The zero-order chi connectivity index (χ0) is 24.4. The number of hydrogen-bond donors (Lipinski definition) is 0. The molecule has 4 aromatic rings. The van der Waals surface area contributed by atoms with Gasteiger partial charge in [-0.05, 0) is 60.9 Å². The lowest BCUT2D eigenvalue weighted by atomic mass is 10.1. The quantitative estimate of drug-likeness (QED) is 0.250. The second-order valence-corrected chi connectivity index (χ2v) is 10.0. The number of aryl methyl sites for hydroxylation is 1. The van der Waals surface area contributed by atoms with Crippen LogP contribution >= 0.6 is 23.4 Å². The maximum absolute atomic E-state index is 13.1. The van der Waals surface area contributed by atoms with Crippen LogP contribution in [-0.2, 0) is 17.8 Å². The van der Waals surface area contributed by atoms with Crippen LogP contribution in [-0.4, -0.2) is 27.2 Å². The highest BCUT2D eigenvalue weighted by Crippen LogP contribution is 2.36. The lowest BCUT2D eigenvalue weighted by Gasteiger charge is -2.12. The number of aromatic nitrogens is 1. The van der Waals surface area contributed by atoms with Crippen LogP contribution in [0.2, 0.25) is 5.02 Å². The predicted molar refractivity (Wildman–Crippen MR) is 145 cm³/mol. The van der Waals surface area contributed by atoms with Gasteiger partial charge in [-0.1, -0.05) is 78.3 Å². The Balaban J connectivity index is 1.41. The van der Waals surface area contributed by atoms with Crippen molar-refractivity contribution in [1.29, 1.82) is 0 Å². The molecule has 1 aliphatic rings. The summed E-state index contributed by atoms with van der Waals surface area (Å²) in [6.07, 6.45) is 3.45. The van der Waals surface area contributed by atoms with Crippen LogP contribution in [0.5, 0.6) is 0 Å². The van der Waals surface area contributed by atoms with E-state index in [4.69, 9.17) is 11.6 Å². The number of amides is 2. The Kier molecular flexibility index (Phi) is 6.80. The molecule has 0 bridgehead atoms. The van der Waals surface area contributed by atoms with Gasteiger partial charge in [0.15, 0.2) is 0 Å². The SMILES string of the molecule is Cc1c(/C=C2/SC(=O)N(CCCc3ccccc3)C2=O)c2ccccc2n1Cc1ccccc1Cl. The van der Waals surface area contributed by atoms with Gasteiger partial charge >= 0.3 is 0 Å². The van der Waals surface area contributed by atoms with Crippen molar-refractivity contribution in [3.8, 4) is 0 Å². The molecule has 176 valence electrons. The highest BCUT2D eigenvalue weighted by Gasteiger charge is 2.35. The molecule has 6 heteroatoms. The molecule has 1 saturated heterocycles. The number of nitrogens with zero attached hydrogens (tertiary/aromatic N) is 2. The highest BCUT2D eigenvalue weighted by molar-refractivity contribution is 8.18. The van der Waals surface area contributed by atoms with Gasteiger partial charge < -0.3 is 4.57 Å². The van der Waals surface area contributed by atoms with Gasteiger partial charge in [-0.15, -0.1) is 0 Å². The van der Waals surface area contributed by atoms with Crippen molar-refractivity contribution < 1.29 is 9.59 Å². The first kappa shape index (κ1) is 23.5. The monoisotopic (exact) mass is 500 g/mol. The average Bonchev–Trinajstić information content (AvgIpc) is 3.29. The molecule has 5 rings (SSSR count). The molecule has 0 spiro atoms. The molecule has 0 unspecified atom stereocenters. The standard InChI is InChI=1S/C29H25ClN2O2S/c1-20-24(23-14-6-8-16-26(23)32(20)19-22-13-5-7-15-25(22)30)18-27-28(33)31(29(34)35-27)17-9-12-21-10-3-2-4-11-21/h2-8,10-11,13-16,18H,9,12,17,19H2,1H3/b27-18+. The largest absolute Gasteiger partial charge is 0.340 e. The van der Waals surface area contributed by atoms with E-state index in [1.165, 1.54) is 10.5 Å². The van der Waals surface area contributed by atoms with E-state index < -0.39 is 0 Å². The Bertz CT molecular complexity index is 1440. The van der Waals surface area contributed by atoms with E-state index in [1.54, 1.807) is 0 Å². The first-order chi connectivity index (χ1) is 17.0. The number of halogens is 1. The number of carbonyl (C=O) groups excluding carboxylic acids is 2. The van der Waals surface area contributed by atoms with E-state index in [-0.39, 0.29) is 11.1 Å². The molecule has 3 aromatic carbocycles. The van der Waals surface area contributed by atoms with E-state index >= 15 is 0 Å². The fraction of sp³-hybridized carbons (Fsp3) is 0.172.